The molecule has 4 nitrogen and oxygen atoms in total. The van der Waals surface area contributed by atoms with Gasteiger partial charge in [0.05, 0.1) is 0 Å². The normalized spacial score (nSPS) is 10.1. The van der Waals surface area contributed by atoms with Gasteiger partial charge in [-0.2, -0.15) is 0 Å². The molecule has 126 valence electrons. The van der Waals surface area contributed by atoms with Crippen LogP contribution < -0.4 is 16.2 Å². The summed E-state index contributed by atoms with van der Waals surface area (Å²) in [6.45, 7) is 2.16. The summed E-state index contributed by atoms with van der Waals surface area (Å²) >= 11 is 11.0. The fourth-order valence-corrected chi connectivity index (χ4v) is 2.38. The van der Waals surface area contributed by atoms with Crippen molar-refractivity contribution in [1.82, 2.24) is 10.9 Å². The Labute approximate surface area is 152 Å². The van der Waals surface area contributed by atoms with Gasteiger partial charge in [-0.05, 0) is 67.0 Å². The number of unbranched alkanes of at least 4 members (excludes halogenated alkanes) is 1. The second-order valence-electron chi connectivity index (χ2n) is 5.34. The van der Waals surface area contributed by atoms with Crippen LogP contribution >= 0.6 is 23.8 Å². The number of hydrogen-bond acceptors (Lipinski definition) is 2. The number of aryl methyl sites for hydroxylation is 1. The monoisotopic (exact) mass is 361 g/mol. The minimum Gasteiger partial charge on any atom is -0.331 e. The highest BCUT2D eigenvalue weighted by Crippen LogP contribution is 2.13. The number of carbonyl (C=O) groups is 1. The van der Waals surface area contributed by atoms with Gasteiger partial charge in [-0.15, -0.1) is 0 Å². The van der Waals surface area contributed by atoms with Crippen LogP contribution in [0.2, 0.25) is 5.02 Å². The Balaban J connectivity index is 1.81. The van der Waals surface area contributed by atoms with E-state index >= 15 is 0 Å². The number of rotatable bonds is 5. The lowest BCUT2D eigenvalue weighted by molar-refractivity contribution is 0.0944. The second kappa shape index (κ2) is 9.25. The third-order valence-electron chi connectivity index (χ3n) is 3.43. The average Bonchev–Trinajstić information content (AvgIpc) is 2.60. The summed E-state index contributed by atoms with van der Waals surface area (Å²) in [6.07, 6.45) is 3.34. The van der Waals surface area contributed by atoms with Crippen LogP contribution in [-0.2, 0) is 6.42 Å². The topological polar surface area (TPSA) is 53.2 Å². The SMILES string of the molecule is CCCCc1ccc(C(=O)NNC(=S)Nc2ccc(Cl)cc2)cc1. The Morgan fingerprint density at radius 2 is 1.71 bits per heavy atom. The molecule has 0 heterocycles. The number of hydrazine groups is 1. The van der Waals surface area contributed by atoms with Crippen molar-refractivity contribution in [1.29, 1.82) is 0 Å². The van der Waals surface area contributed by atoms with Crippen LogP contribution in [0.4, 0.5) is 5.69 Å². The maximum absolute atomic E-state index is 12.1. The van der Waals surface area contributed by atoms with Crippen molar-refractivity contribution in [3.63, 3.8) is 0 Å². The van der Waals surface area contributed by atoms with Crippen LogP contribution in [0.1, 0.15) is 35.7 Å². The van der Waals surface area contributed by atoms with Crippen LogP contribution in [0, 0.1) is 0 Å². The molecule has 0 aliphatic carbocycles. The van der Waals surface area contributed by atoms with Crippen molar-refractivity contribution in [2.24, 2.45) is 0 Å². The molecule has 0 unspecified atom stereocenters. The first-order valence-corrected chi connectivity index (χ1v) is 8.59. The van der Waals surface area contributed by atoms with Gasteiger partial charge in [0, 0.05) is 16.3 Å². The molecule has 0 aliphatic heterocycles. The van der Waals surface area contributed by atoms with Crippen LogP contribution in [0.25, 0.3) is 0 Å². The summed E-state index contributed by atoms with van der Waals surface area (Å²) in [5, 5.41) is 3.90. The van der Waals surface area contributed by atoms with E-state index in [0.29, 0.717) is 15.7 Å². The number of nitrogens with one attached hydrogen (secondary N) is 3. The summed E-state index contributed by atoms with van der Waals surface area (Å²) in [5.41, 5.74) is 7.86. The van der Waals surface area contributed by atoms with Crippen LogP contribution in [0.15, 0.2) is 48.5 Å². The molecule has 2 aromatic rings. The molecule has 0 bridgehead atoms. The molecule has 2 aromatic carbocycles. The maximum atomic E-state index is 12.1. The summed E-state index contributed by atoms with van der Waals surface area (Å²) in [4.78, 5) is 12.1. The van der Waals surface area contributed by atoms with Crippen molar-refractivity contribution in [2.45, 2.75) is 26.2 Å². The zero-order chi connectivity index (χ0) is 17.4. The van der Waals surface area contributed by atoms with Gasteiger partial charge in [-0.25, -0.2) is 0 Å². The van der Waals surface area contributed by atoms with Crippen molar-refractivity contribution in [2.75, 3.05) is 5.32 Å². The largest absolute Gasteiger partial charge is 0.331 e. The molecule has 0 aromatic heterocycles. The summed E-state index contributed by atoms with van der Waals surface area (Å²) < 4.78 is 0. The maximum Gasteiger partial charge on any atom is 0.269 e. The zero-order valence-corrected chi connectivity index (χ0v) is 15.0. The predicted molar refractivity (Wildman–Crippen MR) is 103 cm³/mol. The van der Waals surface area contributed by atoms with E-state index in [1.165, 1.54) is 5.56 Å². The fourth-order valence-electron chi connectivity index (χ4n) is 2.08. The molecule has 0 spiro atoms. The minimum atomic E-state index is -0.239. The summed E-state index contributed by atoms with van der Waals surface area (Å²) in [7, 11) is 0. The van der Waals surface area contributed by atoms with Crippen molar-refractivity contribution in [3.8, 4) is 0 Å². The number of halogens is 1. The van der Waals surface area contributed by atoms with Gasteiger partial charge in [0.25, 0.3) is 5.91 Å². The van der Waals surface area contributed by atoms with Crippen molar-refractivity contribution in [3.05, 3.63) is 64.7 Å². The molecule has 6 heteroatoms. The van der Waals surface area contributed by atoms with E-state index in [1.807, 2.05) is 24.3 Å². The Morgan fingerprint density at radius 1 is 1.04 bits per heavy atom. The van der Waals surface area contributed by atoms with Gasteiger partial charge in [0.2, 0.25) is 0 Å². The quantitative estimate of drug-likeness (QED) is 0.548. The standard InChI is InChI=1S/C18H20ClN3OS/c1-2-3-4-13-5-7-14(8-6-13)17(23)21-22-18(24)20-16-11-9-15(19)10-12-16/h5-12H,2-4H2,1H3,(H,21,23)(H2,20,22,24). The predicted octanol–water partition coefficient (Wildman–Crippen LogP) is 4.31. The van der Waals surface area contributed by atoms with Gasteiger partial charge in [-0.1, -0.05) is 37.1 Å². The van der Waals surface area contributed by atoms with Gasteiger partial charge in [-0.3, -0.25) is 15.6 Å². The lowest BCUT2D eigenvalue weighted by Gasteiger charge is -2.12. The Bertz CT molecular complexity index is 686. The number of carbonyl (C=O) groups excluding carboxylic acids is 1. The zero-order valence-electron chi connectivity index (χ0n) is 13.4. The molecule has 0 atom stereocenters. The summed E-state index contributed by atoms with van der Waals surface area (Å²) in [5.74, 6) is -0.239. The minimum absolute atomic E-state index is 0.239. The van der Waals surface area contributed by atoms with Gasteiger partial charge < -0.3 is 5.32 Å². The van der Waals surface area contributed by atoms with Crippen LogP contribution in [0.5, 0.6) is 0 Å². The molecule has 24 heavy (non-hydrogen) atoms. The highest BCUT2D eigenvalue weighted by atomic mass is 35.5. The highest BCUT2D eigenvalue weighted by molar-refractivity contribution is 7.80. The number of anilines is 1. The number of amides is 1. The molecular formula is C18H20ClN3OS. The Morgan fingerprint density at radius 3 is 2.33 bits per heavy atom. The van der Waals surface area contributed by atoms with E-state index in [4.69, 9.17) is 23.8 Å². The first kappa shape index (κ1) is 18.2. The van der Waals surface area contributed by atoms with Crippen LogP contribution in [0.3, 0.4) is 0 Å². The number of thiocarbonyl (C=S) groups is 1. The van der Waals surface area contributed by atoms with E-state index in [0.717, 1.165) is 24.9 Å². The Kier molecular flexibility index (Phi) is 7.03. The third kappa shape index (κ3) is 5.83. The molecule has 0 saturated carbocycles. The Hall–Kier alpha value is -2.11. The molecule has 3 N–H and O–H groups in total. The molecule has 2 rings (SSSR count). The van der Waals surface area contributed by atoms with E-state index in [1.54, 1.807) is 24.3 Å². The van der Waals surface area contributed by atoms with Crippen LogP contribution in [-0.4, -0.2) is 11.0 Å². The second-order valence-corrected chi connectivity index (χ2v) is 6.19. The lowest BCUT2D eigenvalue weighted by atomic mass is 10.1. The molecule has 0 fully saturated rings. The summed E-state index contributed by atoms with van der Waals surface area (Å²) in [6, 6.07) is 14.7. The molecule has 0 saturated heterocycles. The van der Waals surface area contributed by atoms with E-state index in [2.05, 4.69) is 23.1 Å². The third-order valence-corrected chi connectivity index (χ3v) is 3.88. The smallest absolute Gasteiger partial charge is 0.269 e. The van der Waals surface area contributed by atoms with Gasteiger partial charge in [0.15, 0.2) is 5.11 Å². The molecular weight excluding hydrogens is 342 g/mol. The molecule has 0 aliphatic rings. The fraction of sp³-hybridized carbons (Fsp3) is 0.222. The first-order valence-electron chi connectivity index (χ1n) is 7.80. The van der Waals surface area contributed by atoms with E-state index in [9.17, 15) is 4.79 Å². The number of hydrogen-bond donors (Lipinski definition) is 3. The highest BCUT2D eigenvalue weighted by Gasteiger charge is 2.06. The molecule has 1 amide bonds. The van der Waals surface area contributed by atoms with Crippen molar-refractivity contribution >= 4 is 40.5 Å². The average molecular weight is 362 g/mol. The van der Waals surface area contributed by atoms with E-state index in [-0.39, 0.29) is 5.91 Å². The van der Waals surface area contributed by atoms with Gasteiger partial charge in [0.1, 0.15) is 0 Å². The lowest BCUT2D eigenvalue weighted by Crippen LogP contribution is -2.43. The van der Waals surface area contributed by atoms with Crippen molar-refractivity contribution < 1.29 is 4.79 Å². The first-order chi connectivity index (χ1) is 11.6. The van der Waals surface area contributed by atoms with Gasteiger partial charge >= 0.3 is 0 Å². The molecule has 0 radical (unpaired) electrons. The van der Waals surface area contributed by atoms with E-state index < -0.39 is 0 Å². The number of benzene rings is 2.